The zero-order valence-electron chi connectivity index (χ0n) is 12.3. The van der Waals surface area contributed by atoms with Crippen molar-refractivity contribution in [1.82, 2.24) is 10.6 Å². The number of hydrogen-bond acceptors (Lipinski definition) is 2. The molecule has 0 radical (unpaired) electrons. The monoisotopic (exact) mass is 282 g/mol. The van der Waals surface area contributed by atoms with Crippen LogP contribution in [0.4, 0.5) is 4.79 Å². The summed E-state index contributed by atoms with van der Waals surface area (Å²) in [7, 11) is 0. The average molecular weight is 282 g/mol. The molecule has 3 N–H and O–H groups in total. The lowest BCUT2D eigenvalue weighted by Gasteiger charge is -2.42. The number of urea groups is 1. The third-order valence-corrected chi connectivity index (χ3v) is 4.89. The Balaban J connectivity index is 1.80. The van der Waals surface area contributed by atoms with Gasteiger partial charge in [-0.15, -0.1) is 0 Å². The van der Waals surface area contributed by atoms with E-state index in [2.05, 4.69) is 17.6 Å². The van der Waals surface area contributed by atoms with Crippen molar-refractivity contribution in [3.8, 4) is 0 Å². The van der Waals surface area contributed by atoms with E-state index in [-0.39, 0.29) is 18.5 Å². The zero-order valence-corrected chi connectivity index (χ0v) is 12.3. The molecule has 1 atom stereocenters. The van der Waals surface area contributed by atoms with Crippen molar-refractivity contribution in [3.63, 3.8) is 0 Å². The first-order valence-electron chi connectivity index (χ1n) is 7.81. The van der Waals surface area contributed by atoms with Crippen LogP contribution in [-0.2, 0) is 4.79 Å². The first-order valence-corrected chi connectivity index (χ1v) is 7.81. The fraction of sp³-hybridized carbons (Fsp3) is 0.867. The number of hydrogen-bond donors (Lipinski definition) is 3. The van der Waals surface area contributed by atoms with Crippen LogP contribution >= 0.6 is 0 Å². The standard InChI is InChI=1S/C15H26N2O3/c1-11(12-6-3-2-4-7-12)16-14(20)17-15(8-5-9-15)10-13(18)19/h11-12H,2-10H2,1H3,(H,18,19)(H2,16,17,20). The van der Waals surface area contributed by atoms with E-state index in [1.54, 1.807) is 0 Å². The van der Waals surface area contributed by atoms with E-state index < -0.39 is 11.5 Å². The normalized spacial score (nSPS) is 23.4. The van der Waals surface area contributed by atoms with Gasteiger partial charge in [0.1, 0.15) is 0 Å². The van der Waals surface area contributed by atoms with E-state index in [9.17, 15) is 9.59 Å². The van der Waals surface area contributed by atoms with E-state index in [0.29, 0.717) is 5.92 Å². The first kappa shape index (κ1) is 15.1. The van der Waals surface area contributed by atoms with Crippen LogP contribution in [0.1, 0.15) is 64.7 Å². The number of carboxylic acids is 1. The van der Waals surface area contributed by atoms with Gasteiger partial charge in [-0.1, -0.05) is 19.3 Å². The van der Waals surface area contributed by atoms with Crippen molar-refractivity contribution in [2.75, 3.05) is 0 Å². The molecule has 0 aromatic carbocycles. The minimum absolute atomic E-state index is 0.0260. The van der Waals surface area contributed by atoms with Crippen LogP contribution in [-0.4, -0.2) is 28.7 Å². The summed E-state index contributed by atoms with van der Waals surface area (Å²) < 4.78 is 0. The minimum atomic E-state index is -0.842. The molecular weight excluding hydrogens is 256 g/mol. The molecule has 2 aliphatic carbocycles. The quantitative estimate of drug-likeness (QED) is 0.725. The maximum Gasteiger partial charge on any atom is 0.315 e. The number of amides is 2. The molecule has 2 amide bonds. The molecule has 0 aromatic rings. The lowest BCUT2D eigenvalue weighted by Crippen LogP contribution is -2.58. The molecule has 0 aromatic heterocycles. The summed E-state index contributed by atoms with van der Waals surface area (Å²) in [4.78, 5) is 23.0. The van der Waals surface area contributed by atoms with Gasteiger partial charge in [0.05, 0.1) is 12.0 Å². The van der Waals surface area contributed by atoms with Crippen LogP contribution in [0.3, 0.4) is 0 Å². The maximum atomic E-state index is 12.1. The van der Waals surface area contributed by atoms with Gasteiger partial charge >= 0.3 is 12.0 Å². The van der Waals surface area contributed by atoms with Crippen LogP contribution in [0.15, 0.2) is 0 Å². The highest BCUT2D eigenvalue weighted by Gasteiger charge is 2.40. The Labute approximate surface area is 120 Å². The van der Waals surface area contributed by atoms with Crippen LogP contribution in [0, 0.1) is 5.92 Å². The number of rotatable bonds is 5. The molecule has 2 saturated carbocycles. The molecule has 2 rings (SSSR count). The molecule has 0 heterocycles. The number of carbonyl (C=O) groups is 2. The predicted molar refractivity (Wildman–Crippen MR) is 76.5 cm³/mol. The average Bonchev–Trinajstić information content (AvgIpc) is 2.36. The Kier molecular flexibility index (Phi) is 4.89. The maximum absolute atomic E-state index is 12.1. The van der Waals surface area contributed by atoms with Crippen molar-refractivity contribution >= 4 is 12.0 Å². The molecular formula is C15H26N2O3. The second-order valence-corrected chi connectivity index (χ2v) is 6.49. The number of nitrogens with one attached hydrogen (secondary N) is 2. The summed E-state index contributed by atoms with van der Waals surface area (Å²) in [5.74, 6) is -0.281. The van der Waals surface area contributed by atoms with Gasteiger partial charge in [-0.3, -0.25) is 4.79 Å². The van der Waals surface area contributed by atoms with Gasteiger partial charge in [0, 0.05) is 6.04 Å². The molecule has 5 heteroatoms. The summed E-state index contributed by atoms with van der Waals surface area (Å²) >= 11 is 0. The highest BCUT2D eigenvalue weighted by atomic mass is 16.4. The SMILES string of the molecule is CC(NC(=O)NC1(CC(=O)O)CCC1)C1CCCCC1. The van der Waals surface area contributed by atoms with Gasteiger partial charge in [-0.2, -0.15) is 0 Å². The van der Waals surface area contributed by atoms with Gasteiger partial charge in [0.25, 0.3) is 0 Å². The van der Waals surface area contributed by atoms with E-state index in [1.807, 2.05) is 0 Å². The van der Waals surface area contributed by atoms with Gasteiger partial charge in [-0.25, -0.2) is 4.79 Å². The second-order valence-electron chi connectivity index (χ2n) is 6.49. The predicted octanol–water partition coefficient (Wildman–Crippen LogP) is 2.65. The number of carbonyl (C=O) groups excluding carboxylic acids is 1. The van der Waals surface area contributed by atoms with Gasteiger partial charge in [0.15, 0.2) is 0 Å². The third-order valence-electron chi connectivity index (χ3n) is 4.89. The van der Waals surface area contributed by atoms with Crippen molar-refractivity contribution in [3.05, 3.63) is 0 Å². The molecule has 0 saturated heterocycles. The van der Waals surface area contributed by atoms with E-state index in [4.69, 9.17) is 5.11 Å². The van der Waals surface area contributed by atoms with E-state index >= 15 is 0 Å². The van der Waals surface area contributed by atoms with Gasteiger partial charge < -0.3 is 15.7 Å². The number of aliphatic carboxylic acids is 1. The highest BCUT2D eigenvalue weighted by Crippen LogP contribution is 2.35. The fourth-order valence-electron chi connectivity index (χ4n) is 3.47. The molecule has 0 aliphatic heterocycles. The Morgan fingerprint density at radius 3 is 2.35 bits per heavy atom. The van der Waals surface area contributed by atoms with Crippen LogP contribution in [0.25, 0.3) is 0 Å². The molecule has 2 aliphatic rings. The Morgan fingerprint density at radius 2 is 1.85 bits per heavy atom. The summed E-state index contributed by atoms with van der Waals surface area (Å²) in [6, 6.07) is -0.0405. The largest absolute Gasteiger partial charge is 0.481 e. The summed E-state index contributed by atoms with van der Waals surface area (Å²) in [5.41, 5.74) is -0.512. The van der Waals surface area contributed by atoms with Gasteiger partial charge in [0.2, 0.25) is 0 Å². The van der Waals surface area contributed by atoms with Crippen molar-refractivity contribution in [2.45, 2.75) is 76.3 Å². The Hall–Kier alpha value is -1.26. The first-order chi connectivity index (χ1) is 9.51. The van der Waals surface area contributed by atoms with Crippen molar-refractivity contribution in [2.24, 2.45) is 5.92 Å². The van der Waals surface area contributed by atoms with Crippen molar-refractivity contribution < 1.29 is 14.7 Å². The molecule has 2 fully saturated rings. The summed E-state index contributed by atoms with van der Waals surface area (Å²) in [5, 5.41) is 14.8. The Bertz CT molecular complexity index is 360. The third kappa shape index (κ3) is 3.87. The second kappa shape index (κ2) is 6.46. The molecule has 0 spiro atoms. The van der Waals surface area contributed by atoms with E-state index in [0.717, 1.165) is 19.3 Å². The molecule has 5 nitrogen and oxygen atoms in total. The molecule has 1 unspecified atom stereocenters. The molecule has 0 bridgehead atoms. The zero-order chi connectivity index (χ0) is 14.6. The van der Waals surface area contributed by atoms with E-state index in [1.165, 1.54) is 32.1 Å². The lowest BCUT2D eigenvalue weighted by molar-refractivity contribution is -0.139. The van der Waals surface area contributed by atoms with Crippen LogP contribution in [0.5, 0.6) is 0 Å². The fourth-order valence-corrected chi connectivity index (χ4v) is 3.47. The lowest BCUT2D eigenvalue weighted by atomic mass is 9.74. The topological polar surface area (TPSA) is 78.4 Å². The van der Waals surface area contributed by atoms with Crippen molar-refractivity contribution in [1.29, 1.82) is 0 Å². The van der Waals surface area contributed by atoms with Gasteiger partial charge in [-0.05, 0) is 44.9 Å². The van der Waals surface area contributed by atoms with Crippen LogP contribution < -0.4 is 10.6 Å². The summed E-state index contributed by atoms with van der Waals surface area (Å²) in [6.07, 6.45) is 8.72. The number of carboxylic acid groups (broad SMARTS) is 1. The minimum Gasteiger partial charge on any atom is -0.481 e. The summed E-state index contributed by atoms with van der Waals surface area (Å²) in [6.45, 7) is 2.06. The highest BCUT2D eigenvalue weighted by molar-refractivity contribution is 5.77. The smallest absolute Gasteiger partial charge is 0.315 e. The Morgan fingerprint density at radius 1 is 1.20 bits per heavy atom. The van der Waals surface area contributed by atoms with Crippen LogP contribution in [0.2, 0.25) is 0 Å². The molecule has 20 heavy (non-hydrogen) atoms. The molecule has 114 valence electrons.